The zero-order valence-electron chi connectivity index (χ0n) is 13.8. The van der Waals surface area contributed by atoms with Crippen LogP contribution < -0.4 is 0 Å². The van der Waals surface area contributed by atoms with Crippen molar-refractivity contribution in [3.05, 3.63) is 53.2 Å². The third kappa shape index (κ3) is 4.16. The Kier molecular flexibility index (Phi) is 5.53. The molecule has 0 saturated carbocycles. The minimum atomic E-state index is -0.0741. The van der Waals surface area contributed by atoms with Gasteiger partial charge in [0.25, 0.3) is 5.91 Å². The van der Waals surface area contributed by atoms with Crippen LogP contribution >= 0.6 is 11.6 Å². The number of furan rings is 1. The second kappa shape index (κ2) is 7.81. The van der Waals surface area contributed by atoms with Crippen molar-refractivity contribution in [2.75, 3.05) is 20.1 Å². The molecule has 1 atom stereocenters. The Morgan fingerprint density at radius 3 is 2.92 bits per heavy atom. The van der Waals surface area contributed by atoms with Crippen molar-refractivity contribution in [2.45, 2.75) is 31.8 Å². The van der Waals surface area contributed by atoms with E-state index in [9.17, 15) is 4.79 Å². The molecule has 0 aromatic carbocycles. The Bertz CT molecular complexity index is 674. The molecule has 6 heteroatoms. The second-order valence-corrected chi connectivity index (χ2v) is 6.59. The Balaban J connectivity index is 1.57. The first-order chi connectivity index (χ1) is 11.6. The fourth-order valence-electron chi connectivity index (χ4n) is 3.18. The van der Waals surface area contributed by atoms with E-state index in [4.69, 9.17) is 16.0 Å². The molecule has 2 aromatic heterocycles. The molecule has 0 radical (unpaired) electrons. The van der Waals surface area contributed by atoms with Gasteiger partial charge in [0.05, 0.1) is 5.69 Å². The van der Waals surface area contributed by atoms with E-state index in [-0.39, 0.29) is 11.1 Å². The highest BCUT2D eigenvalue weighted by Crippen LogP contribution is 2.20. The van der Waals surface area contributed by atoms with Crippen LogP contribution in [0, 0.1) is 0 Å². The summed E-state index contributed by atoms with van der Waals surface area (Å²) in [5, 5.41) is 0.251. The number of carbonyl (C=O) groups excluding carboxylic acids is 1. The topological polar surface area (TPSA) is 49.6 Å². The van der Waals surface area contributed by atoms with E-state index in [0.717, 1.165) is 44.6 Å². The van der Waals surface area contributed by atoms with E-state index in [1.807, 2.05) is 29.3 Å². The fourth-order valence-corrected chi connectivity index (χ4v) is 3.33. The van der Waals surface area contributed by atoms with Crippen molar-refractivity contribution in [1.29, 1.82) is 0 Å². The number of rotatable bonds is 4. The number of hydrogen-bond acceptors (Lipinski definition) is 4. The first-order valence-corrected chi connectivity index (χ1v) is 8.66. The molecule has 0 bridgehead atoms. The van der Waals surface area contributed by atoms with E-state index < -0.39 is 0 Å². The van der Waals surface area contributed by atoms with Gasteiger partial charge in [0.15, 0.2) is 11.0 Å². The van der Waals surface area contributed by atoms with E-state index in [2.05, 4.69) is 16.9 Å². The first kappa shape index (κ1) is 17.0. The summed E-state index contributed by atoms with van der Waals surface area (Å²) >= 11 is 5.77. The van der Waals surface area contributed by atoms with E-state index in [1.54, 1.807) is 12.1 Å². The van der Waals surface area contributed by atoms with Crippen LogP contribution in [0.15, 0.2) is 40.9 Å². The van der Waals surface area contributed by atoms with Gasteiger partial charge < -0.3 is 9.32 Å². The van der Waals surface area contributed by atoms with Gasteiger partial charge in [0.1, 0.15) is 0 Å². The average Bonchev–Trinajstić information content (AvgIpc) is 2.87. The summed E-state index contributed by atoms with van der Waals surface area (Å²) in [5.74, 6) is 0.246. The van der Waals surface area contributed by atoms with Crippen molar-refractivity contribution in [1.82, 2.24) is 14.8 Å². The SMILES string of the molecule is CN(Cc1ccccn1)[C@H]1CCCN(C(=O)c2ccc(Cl)o2)CC1. The van der Waals surface area contributed by atoms with Gasteiger partial charge in [-0.2, -0.15) is 0 Å². The van der Waals surface area contributed by atoms with Crippen molar-refractivity contribution < 1.29 is 9.21 Å². The fraction of sp³-hybridized carbons (Fsp3) is 0.444. The zero-order valence-corrected chi connectivity index (χ0v) is 14.6. The van der Waals surface area contributed by atoms with Crippen molar-refractivity contribution in [2.24, 2.45) is 0 Å². The minimum absolute atomic E-state index is 0.0741. The Labute approximate surface area is 147 Å². The van der Waals surface area contributed by atoms with E-state index >= 15 is 0 Å². The summed E-state index contributed by atoms with van der Waals surface area (Å²) in [5.41, 5.74) is 1.07. The molecule has 1 aliphatic heterocycles. The van der Waals surface area contributed by atoms with Crippen molar-refractivity contribution in [3.8, 4) is 0 Å². The quantitative estimate of drug-likeness (QED) is 0.850. The number of carbonyl (C=O) groups is 1. The van der Waals surface area contributed by atoms with E-state index in [0.29, 0.717) is 11.8 Å². The highest BCUT2D eigenvalue weighted by Gasteiger charge is 2.25. The lowest BCUT2D eigenvalue weighted by Gasteiger charge is -2.26. The molecule has 3 rings (SSSR count). The molecule has 5 nitrogen and oxygen atoms in total. The summed E-state index contributed by atoms with van der Waals surface area (Å²) < 4.78 is 5.25. The molecule has 1 amide bonds. The predicted molar refractivity (Wildman–Crippen MR) is 93.0 cm³/mol. The first-order valence-electron chi connectivity index (χ1n) is 8.28. The van der Waals surface area contributed by atoms with Gasteiger partial charge in [-0.05, 0) is 62.2 Å². The Hall–Kier alpha value is -1.85. The molecule has 0 unspecified atom stereocenters. The number of likely N-dealkylation sites (tertiary alicyclic amines) is 1. The number of pyridine rings is 1. The molecule has 24 heavy (non-hydrogen) atoms. The molecular weight excluding hydrogens is 326 g/mol. The van der Waals surface area contributed by atoms with Crippen LogP contribution in [0.25, 0.3) is 0 Å². The van der Waals surface area contributed by atoms with Crippen LogP contribution in [0.4, 0.5) is 0 Å². The summed E-state index contributed by atoms with van der Waals surface area (Å²) in [6.07, 6.45) is 4.83. The number of nitrogens with zero attached hydrogens (tertiary/aromatic N) is 3. The number of amides is 1. The van der Waals surface area contributed by atoms with Crippen LogP contribution in [-0.4, -0.2) is 46.9 Å². The molecule has 0 spiro atoms. The predicted octanol–water partition coefficient (Wildman–Crippen LogP) is 3.45. The van der Waals surface area contributed by atoms with E-state index in [1.165, 1.54) is 0 Å². The largest absolute Gasteiger partial charge is 0.440 e. The maximum absolute atomic E-state index is 12.5. The maximum Gasteiger partial charge on any atom is 0.289 e. The summed E-state index contributed by atoms with van der Waals surface area (Å²) in [7, 11) is 2.13. The third-order valence-corrected chi connectivity index (χ3v) is 4.73. The lowest BCUT2D eigenvalue weighted by atomic mass is 10.1. The smallest absolute Gasteiger partial charge is 0.289 e. The molecule has 0 N–H and O–H groups in total. The molecule has 0 aliphatic carbocycles. The lowest BCUT2D eigenvalue weighted by molar-refractivity contribution is 0.0725. The molecule has 2 aromatic rings. The van der Waals surface area contributed by atoms with Gasteiger partial charge in [-0.15, -0.1) is 0 Å². The van der Waals surface area contributed by atoms with Crippen LogP contribution in [0.3, 0.4) is 0 Å². The van der Waals surface area contributed by atoms with Crippen molar-refractivity contribution >= 4 is 17.5 Å². The monoisotopic (exact) mass is 347 g/mol. The molecule has 128 valence electrons. The lowest BCUT2D eigenvalue weighted by Crippen LogP contribution is -2.34. The Morgan fingerprint density at radius 1 is 1.33 bits per heavy atom. The van der Waals surface area contributed by atoms with Crippen LogP contribution in [0.5, 0.6) is 0 Å². The van der Waals surface area contributed by atoms with Gasteiger partial charge in [-0.1, -0.05) is 6.07 Å². The zero-order chi connectivity index (χ0) is 16.9. The average molecular weight is 348 g/mol. The molecule has 1 aliphatic rings. The summed E-state index contributed by atoms with van der Waals surface area (Å²) in [4.78, 5) is 21.1. The number of halogens is 1. The normalized spacial score (nSPS) is 18.6. The van der Waals surface area contributed by atoms with Gasteiger partial charge in [0.2, 0.25) is 0 Å². The molecular formula is C18H22ClN3O2. The van der Waals surface area contributed by atoms with Crippen LogP contribution in [0.1, 0.15) is 35.5 Å². The highest BCUT2D eigenvalue weighted by atomic mass is 35.5. The third-order valence-electron chi connectivity index (χ3n) is 4.53. The minimum Gasteiger partial charge on any atom is -0.440 e. The molecule has 1 fully saturated rings. The standard InChI is InChI=1S/C18H22ClN3O2/c1-21(13-14-5-2-3-10-20-14)15-6-4-11-22(12-9-15)18(23)16-7-8-17(19)24-16/h2-3,5,7-8,10,15H,4,6,9,11-13H2,1H3/t15-/m0/s1. The maximum atomic E-state index is 12.5. The number of aromatic nitrogens is 1. The summed E-state index contributed by atoms with van der Waals surface area (Å²) in [6, 6.07) is 9.68. The van der Waals surface area contributed by atoms with Gasteiger partial charge in [-0.3, -0.25) is 14.7 Å². The van der Waals surface area contributed by atoms with Crippen LogP contribution in [-0.2, 0) is 6.54 Å². The number of hydrogen-bond donors (Lipinski definition) is 0. The van der Waals surface area contributed by atoms with Crippen LogP contribution in [0.2, 0.25) is 5.22 Å². The van der Waals surface area contributed by atoms with Gasteiger partial charge in [0, 0.05) is 31.9 Å². The van der Waals surface area contributed by atoms with Gasteiger partial charge in [-0.25, -0.2) is 0 Å². The Morgan fingerprint density at radius 2 is 2.21 bits per heavy atom. The van der Waals surface area contributed by atoms with Crippen molar-refractivity contribution in [3.63, 3.8) is 0 Å². The molecule has 3 heterocycles. The second-order valence-electron chi connectivity index (χ2n) is 6.22. The van der Waals surface area contributed by atoms with Gasteiger partial charge >= 0.3 is 0 Å². The molecule has 1 saturated heterocycles. The highest BCUT2D eigenvalue weighted by molar-refractivity contribution is 6.29. The summed E-state index contributed by atoms with van der Waals surface area (Å²) in [6.45, 7) is 2.31.